The van der Waals surface area contributed by atoms with Crippen LogP contribution in [0.3, 0.4) is 0 Å². The second-order valence-corrected chi connectivity index (χ2v) is 10.9. The van der Waals surface area contributed by atoms with Crippen LogP contribution in [0.1, 0.15) is 49.8 Å². The summed E-state index contributed by atoms with van der Waals surface area (Å²) < 4.78 is 34.3. The standard InChI is InChI=1S/C26H35N3O4S/c1-3-33-25-14-13-23(17-19(25)2)34(31,32)28-22-11-9-21(10-12-22)26(30)29-16-15-27-18-24(29)20-7-5-4-6-8-20/h4-8,13-14,17,21-22,24,27-28H,3,9-12,15-16,18H2,1-2H3/t21?,22?,24-/m1/s1. The first-order valence-corrected chi connectivity index (χ1v) is 13.7. The highest BCUT2D eigenvalue weighted by Gasteiger charge is 2.35. The van der Waals surface area contributed by atoms with E-state index in [9.17, 15) is 13.2 Å². The second kappa shape index (κ2) is 10.9. The van der Waals surface area contributed by atoms with Crippen molar-refractivity contribution in [2.24, 2.45) is 5.92 Å². The fraction of sp³-hybridized carbons (Fsp3) is 0.500. The van der Waals surface area contributed by atoms with Gasteiger partial charge in [-0.2, -0.15) is 0 Å². The number of aryl methyl sites for hydroxylation is 1. The van der Waals surface area contributed by atoms with Crippen LogP contribution < -0.4 is 14.8 Å². The van der Waals surface area contributed by atoms with E-state index in [-0.39, 0.29) is 28.8 Å². The number of benzene rings is 2. The lowest BCUT2D eigenvalue weighted by atomic mass is 9.85. The van der Waals surface area contributed by atoms with Crippen molar-refractivity contribution in [1.82, 2.24) is 14.9 Å². The predicted molar refractivity (Wildman–Crippen MR) is 132 cm³/mol. The molecule has 1 atom stereocenters. The lowest BCUT2D eigenvalue weighted by Gasteiger charge is -2.40. The zero-order valence-electron chi connectivity index (χ0n) is 20.0. The highest BCUT2D eigenvalue weighted by atomic mass is 32.2. The van der Waals surface area contributed by atoms with Crippen LogP contribution >= 0.6 is 0 Å². The van der Waals surface area contributed by atoms with Gasteiger partial charge in [-0.25, -0.2) is 13.1 Å². The molecular formula is C26H35N3O4S. The van der Waals surface area contributed by atoms with Crippen molar-refractivity contribution in [2.45, 2.75) is 56.5 Å². The quantitative estimate of drug-likeness (QED) is 0.628. The van der Waals surface area contributed by atoms with Gasteiger partial charge in [-0.05, 0) is 68.9 Å². The lowest BCUT2D eigenvalue weighted by molar-refractivity contribution is -0.140. The smallest absolute Gasteiger partial charge is 0.240 e. The van der Waals surface area contributed by atoms with Crippen LogP contribution in [0.25, 0.3) is 0 Å². The molecular weight excluding hydrogens is 450 g/mol. The molecule has 1 aliphatic heterocycles. The van der Waals surface area contributed by atoms with Gasteiger partial charge >= 0.3 is 0 Å². The summed E-state index contributed by atoms with van der Waals surface area (Å²) >= 11 is 0. The van der Waals surface area contributed by atoms with Gasteiger partial charge in [0.05, 0.1) is 17.5 Å². The van der Waals surface area contributed by atoms with Gasteiger partial charge < -0.3 is 15.0 Å². The summed E-state index contributed by atoms with van der Waals surface area (Å²) in [6.45, 7) is 6.53. The Morgan fingerprint density at radius 1 is 1.12 bits per heavy atom. The van der Waals surface area contributed by atoms with E-state index in [0.29, 0.717) is 44.6 Å². The van der Waals surface area contributed by atoms with Crippen molar-refractivity contribution >= 4 is 15.9 Å². The second-order valence-electron chi connectivity index (χ2n) is 9.19. The Bertz CT molecular complexity index is 1080. The number of sulfonamides is 1. The number of nitrogens with one attached hydrogen (secondary N) is 2. The van der Waals surface area contributed by atoms with E-state index in [4.69, 9.17) is 4.74 Å². The molecule has 4 rings (SSSR count). The minimum absolute atomic E-state index is 0.0431. The number of rotatable bonds is 7. The molecule has 2 N–H and O–H groups in total. The van der Waals surface area contributed by atoms with Crippen molar-refractivity contribution in [3.8, 4) is 5.75 Å². The molecule has 1 heterocycles. The summed E-state index contributed by atoms with van der Waals surface area (Å²) in [4.78, 5) is 15.7. The van der Waals surface area contributed by atoms with E-state index in [0.717, 1.165) is 24.2 Å². The molecule has 0 radical (unpaired) electrons. The van der Waals surface area contributed by atoms with Crippen molar-refractivity contribution in [3.05, 3.63) is 59.7 Å². The van der Waals surface area contributed by atoms with Crippen LogP contribution in [-0.2, 0) is 14.8 Å². The Balaban J connectivity index is 1.36. The first-order chi connectivity index (χ1) is 16.4. The molecule has 8 heteroatoms. The lowest BCUT2D eigenvalue weighted by Crippen LogP contribution is -2.51. The van der Waals surface area contributed by atoms with Gasteiger partial charge in [-0.1, -0.05) is 30.3 Å². The van der Waals surface area contributed by atoms with Crippen LogP contribution in [0.4, 0.5) is 0 Å². The summed E-state index contributed by atoms with van der Waals surface area (Å²) in [6.07, 6.45) is 2.71. The molecule has 1 amide bonds. The Morgan fingerprint density at radius 3 is 2.53 bits per heavy atom. The molecule has 0 spiro atoms. The van der Waals surface area contributed by atoms with Gasteiger partial charge in [0.2, 0.25) is 15.9 Å². The summed E-state index contributed by atoms with van der Waals surface area (Å²) in [5.74, 6) is 0.832. The van der Waals surface area contributed by atoms with Gasteiger partial charge in [-0.15, -0.1) is 0 Å². The number of carbonyl (C=O) groups is 1. The number of hydrogen-bond donors (Lipinski definition) is 2. The third-order valence-electron chi connectivity index (χ3n) is 6.87. The van der Waals surface area contributed by atoms with E-state index in [1.54, 1.807) is 18.2 Å². The SMILES string of the molecule is CCOc1ccc(S(=O)(=O)NC2CCC(C(=O)N3CCNC[C@@H]3c3ccccc3)CC2)cc1C. The number of amides is 1. The van der Waals surface area contributed by atoms with Crippen LogP contribution in [0.2, 0.25) is 0 Å². The number of ether oxygens (including phenoxy) is 1. The molecule has 2 aromatic carbocycles. The van der Waals surface area contributed by atoms with Gasteiger partial charge in [-0.3, -0.25) is 4.79 Å². The minimum atomic E-state index is -3.63. The maximum Gasteiger partial charge on any atom is 0.240 e. The molecule has 1 aliphatic carbocycles. The van der Waals surface area contributed by atoms with Gasteiger partial charge in [0, 0.05) is 31.6 Å². The third kappa shape index (κ3) is 5.62. The topological polar surface area (TPSA) is 87.7 Å². The van der Waals surface area contributed by atoms with Gasteiger partial charge in [0.1, 0.15) is 5.75 Å². The van der Waals surface area contributed by atoms with Crippen molar-refractivity contribution < 1.29 is 17.9 Å². The minimum Gasteiger partial charge on any atom is -0.494 e. The predicted octanol–water partition coefficient (Wildman–Crippen LogP) is 3.40. The maximum absolute atomic E-state index is 13.4. The van der Waals surface area contributed by atoms with Crippen molar-refractivity contribution in [2.75, 3.05) is 26.2 Å². The monoisotopic (exact) mass is 485 g/mol. The van der Waals surface area contributed by atoms with E-state index in [1.165, 1.54) is 0 Å². The summed E-state index contributed by atoms with van der Waals surface area (Å²) in [5, 5.41) is 3.41. The highest BCUT2D eigenvalue weighted by Crippen LogP contribution is 2.31. The summed E-state index contributed by atoms with van der Waals surface area (Å²) in [7, 11) is -3.63. The van der Waals surface area contributed by atoms with Gasteiger partial charge in [0.25, 0.3) is 0 Å². The number of carbonyl (C=O) groups excluding carboxylic acids is 1. The Morgan fingerprint density at radius 2 is 1.85 bits per heavy atom. The Kier molecular flexibility index (Phi) is 7.91. The Labute approximate surface area is 202 Å². The molecule has 2 aromatic rings. The zero-order chi connectivity index (χ0) is 24.1. The largest absolute Gasteiger partial charge is 0.494 e. The average Bonchev–Trinajstić information content (AvgIpc) is 2.86. The third-order valence-corrected chi connectivity index (χ3v) is 8.38. The fourth-order valence-corrected chi connectivity index (χ4v) is 6.42. The summed E-state index contributed by atoms with van der Waals surface area (Å²) in [6, 6.07) is 15.0. The fourth-order valence-electron chi connectivity index (χ4n) is 5.03. The molecule has 2 fully saturated rings. The molecule has 1 saturated carbocycles. The number of nitrogens with zero attached hydrogens (tertiary/aromatic N) is 1. The van der Waals surface area contributed by atoms with E-state index < -0.39 is 10.0 Å². The molecule has 0 bridgehead atoms. The molecule has 0 aromatic heterocycles. The van der Waals surface area contributed by atoms with Gasteiger partial charge in [0.15, 0.2) is 0 Å². The summed E-state index contributed by atoms with van der Waals surface area (Å²) in [5.41, 5.74) is 1.94. The molecule has 2 aliphatic rings. The van der Waals surface area contributed by atoms with Crippen LogP contribution in [-0.4, -0.2) is 51.5 Å². The molecule has 1 saturated heterocycles. The Hall–Kier alpha value is -2.42. The van der Waals surface area contributed by atoms with Crippen LogP contribution in [0, 0.1) is 12.8 Å². The van der Waals surface area contributed by atoms with Crippen molar-refractivity contribution in [3.63, 3.8) is 0 Å². The van der Waals surface area contributed by atoms with Crippen molar-refractivity contribution in [1.29, 1.82) is 0 Å². The zero-order valence-corrected chi connectivity index (χ0v) is 20.8. The average molecular weight is 486 g/mol. The molecule has 0 unspecified atom stereocenters. The highest BCUT2D eigenvalue weighted by molar-refractivity contribution is 7.89. The maximum atomic E-state index is 13.4. The van der Waals surface area contributed by atoms with Crippen LogP contribution in [0.5, 0.6) is 5.75 Å². The first-order valence-electron chi connectivity index (χ1n) is 12.2. The van der Waals surface area contributed by atoms with Crippen LogP contribution in [0.15, 0.2) is 53.4 Å². The van der Waals surface area contributed by atoms with E-state index >= 15 is 0 Å². The molecule has 7 nitrogen and oxygen atoms in total. The number of piperazine rings is 1. The first kappa shape index (κ1) is 24.7. The van der Waals surface area contributed by atoms with E-state index in [1.807, 2.05) is 36.9 Å². The normalized spacial score (nSPS) is 23.5. The number of hydrogen-bond acceptors (Lipinski definition) is 5. The molecule has 184 valence electrons. The molecule has 34 heavy (non-hydrogen) atoms. The van der Waals surface area contributed by atoms with E-state index in [2.05, 4.69) is 22.2 Å².